The molecule has 17 heavy (non-hydrogen) atoms. The van der Waals surface area contributed by atoms with E-state index in [0.29, 0.717) is 0 Å². The largest absolute Gasteiger partial charge is 0.316 e. The average Bonchev–Trinajstić information content (AvgIpc) is 2.72. The molecule has 0 fully saturated rings. The van der Waals surface area contributed by atoms with Crippen LogP contribution in [-0.2, 0) is 13.1 Å². The Labute approximate surface area is 102 Å². The van der Waals surface area contributed by atoms with Crippen molar-refractivity contribution in [3.8, 4) is 11.1 Å². The lowest BCUT2D eigenvalue weighted by molar-refractivity contribution is 0.653. The van der Waals surface area contributed by atoms with Crippen LogP contribution in [0.25, 0.3) is 11.1 Å². The molecule has 0 radical (unpaired) electrons. The summed E-state index contributed by atoms with van der Waals surface area (Å²) in [6, 6.07) is 8.48. The van der Waals surface area contributed by atoms with Crippen LogP contribution >= 0.6 is 0 Å². The zero-order chi connectivity index (χ0) is 12.3. The molecule has 0 amide bonds. The zero-order valence-electron chi connectivity index (χ0n) is 10.7. The molecule has 0 bridgehead atoms. The van der Waals surface area contributed by atoms with Gasteiger partial charge < -0.3 is 5.32 Å². The number of aryl methyl sites for hydroxylation is 2. The van der Waals surface area contributed by atoms with Gasteiger partial charge in [-0.15, -0.1) is 0 Å². The van der Waals surface area contributed by atoms with Gasteiger partial charge in [0, 0.05) is 24.8 Å². The van der Waals surface area contributed by atoms with Crippen molar-refractivity contribution in [2.45, 2.75) is 26.9 Å². The van der Waals surface area contributed by atoms with Crippen LogP contribution in [0.4, 0.5) is 0 Å². The Bertz CT molecular complexity index is 500. The second-order valence-electron chi connectivity index (χ2n) is 4.17. The molecule has 3 heteroatoms. The highest BCUT2D eigenvalue weighted by Gasteiger charge is 2.09. The molecule has 1 N–H and O–H groups in total. The van der Waals surface area contributed by atoms with E-state index in [-0.39, 0.29) is 0 Å². The van der Waals surface area contributed by atoms with E-state index in [1.807, 2.05) is 11.7 Å². The van der Waals surface area contributed by atoms with E-state index in [0.717, 1.165) is 18.8 Å². The molecule has 1 aromatic heterocycles. The van der Waals surface area contributed by atoms with Crippen LogP contribution in [0.2, 0.25) is 0 Å². The molecule has 0 aliphatic heterocycles. The number of aromatic nitrogens is 2. The van der Waals surface area contributed by atoms with Crippen molar-refractivity contribution in [2.24, 2.45) is 0 Å². The molecule has 0 unspecified atom stereocenters. The van der Waals surface area contributed by atoms with E-state index >= 15 is 0 Å². The molecule has 1 heterocycles. The first-order valence-corrected chi connectivity index (χ1v) is 6.03. The SMILES string of the molecule is CCn1cc(-c2ccccc2CNC)c(C)n1. The molecule has 0 aliphatic rings. The predicted molar refractivity (Wildman–Crippen MR) is 70.8 cm³/mol. The third-order valence-electron chi connectivity index (χ3n) is 2.95. The third-order valence-corrected chi connectivity index (χ3v) is 2.95. The number of hydrogen-bond acceptors (Lipinski definition) is 2. The summed E-state index contributed by atoms with van der Waals surface area (Å²) in [5.74, 6) is 0. The van der Waals surface area contributed by atoms with Crippen LogP contribution in [0.3, 0.4) is 0 Å². The standard InChI is InChI=1S/C14H19N3/c1-4-17-10-14(11(2)16-17)13-8-6-5-7-12(13)9-15-3/h5-8,10,15H,4,9H2,1-3H3. The predicted octanol–water partition coefficient (Wildman–Crippen LogP) is 2.60. The van der Waals surface area contributed by atoms with Gasteiger partial charge in [0.05, 0.1) is 5.69 Å². The second kappa shape index (κ2) is 5.15. The lowest BCUT2D eigenvalue weighted by Crippen LogP contribution is -2.06. The summed E-state index contributed by atoms with van der Waals surface area (Å²) in [7, 11) is 1.97. The number of nitrogens with zero attached hydrogens (tertiary/aromatic N) is 2. The number of rotatable bonds is 4. The van der Waals surface area contributed by atoms with Gasteiger partial charge in [-0.2, -0.15) is 5.10 Å². The Balaban J connectivity index is 2.47. The minimum Gasteiger partial charge on any atom is -0.316 e. The Morgan fingerprint density at radius 1 is 1.24 bits per heavy atom. The van der Waals surface area contributed by atoms with Gasteiger partial charge in [-0.25, -0.2) is 0 Å². The number of nitrogens with one attached hydrogen (secondary N) is 1. The molecular weight excluding hydrogens is 210 g/mol. The van der Waals surface area contributed by atoms with Crippen molar-refractivity contribution in [2.75, 3.05) is 7.05 Å². The average molecular weight is 229 g/mol. The molecule has 2 rings (SSSR count). The van der Waals surface area contributed by atoms with Gasteiger partial charge in [0.2, 0.25) is 0 Å². The van der Waals surface area contributed by atoms with Crippen LogP contribution in [0.1, 0.15) is 18.2 Å². The summed E-state index contributed by atoms with van der Waals surface area (Å²) < 4.78 is 1.99. The normalized spacial score (nSPS) is 10.8. The van der Waals surface area contributed by atoms with Crippen LogP contribution in [0.5, 0.6) is 0 Å². The Kier molecular flexibility index (Phi) is 3.59. The molecule has 0 aliphatic carbocycles. The molecule has 0 spiro atoms. The van der Waals surface area contributed by atoms with Crippen molar-refractivity contribution in [1.29, 1.82) is 0 Å². The highest BCUT2D eigenvalue weighted by molar-refractivity contribution is 5.68. The fourth-order valence-electron chi connectivity index (χ4n) is 2.07. The van der Waals surface area contributed by atoms with Crippen molar-refractivity contribution in [3.63, 3.8) is 0 Å². The Morgan fingerprint density at radius 3 is 2.65 bits per heavy atom. The third kappa shape index (κ3) is 2.39. The Morgan fingerprint density at radius 2 is 2.00 bits per heavy atom. The van der Waals surface area contributed by atoms with Gasteiger partial charge in [-0.3, -0.25) is 4.68 Å². The minimum absolute atomic E-state index is 0.882. The van der Waals surface area contributed by atoms with E-state index < -0.39 is 0 Å². The maximum Gasteiger partial charge on any atom is 0.0672 e. The smallest absolute Gasteiger partial charge is 0.0672 e. The maximum absolute atomic E-state index is 4.50. The second-order valence-corrected chi connectivity index (χ2v) is 4.17. The highest BCUT2D eigenvalue weighted by atomic mass is 15.3. The lowest BCUT2D eigenvalue weighted by Gasteiger charge is -2.07. The Hall–Kier alpha value is -1.61. The zero-order valence-corrected chi connectivity index (χ0v) is 10.7. The molecular formula is C14H19N3. The van der Waals surface area contributed by atoms with Gasteiger partial charge in [0.15, 0.2) is 0 Å². The lowest BCUT2D eigenvalue weighted by atomic mass is 10.0. The quantitative estimate of drug-likeness (QED) is 0.873. The monoisotopic (exact) mass is 229 g/mol. The maximum atomic E-state index is 4.50. The van der Waals surface area contributed by atoms with Gasteiger partial charge >= 0.3 is 0 Å². The van der Waals surface area contributed by atoms with E-state index in [1.165, 1.54) is 16.7 Å². The van der Waals surface area contributed by atoms with Crippen molar-refractivity contribution in [1.82, 2.24) is 15.1 Å². The van der Waals surface area contributed by atoms with Crippen molar-refractivity contribution in [3.05, 3.63) is 41.7 Å². The van der Waals surface area contributed by atoms with Crippen molar-refractivity contribution < 1.29 is 0 Å². The highest BCUT2D eigenvalue weighted by Crippen LogP contribution is 2.26. The molecule has 0 atom stereocenters. The summed E-state index contributed by atoms with van der Waals surface area (Å²) in [6.45, 7) is 5.97. The van der Waals surface area contributed by atoms with Gasteiger partial charge in [-0.05, 0) is 32.0 Å². The van der Waals surface area contributed by atoms with Gasteiger partial charge in [0.1, 0.15) is 0 Å². The van der Waals surface area contributed by atoms with Gasteiger partial charge in [-0.1, -0.05) is 24.3 Å². The van der Waals surface area contributed by atoms with Crippen LogP contribution in [-0.4, -0.2) is 16.8 Å². The van der Waals surface area contributed by atoms with E-state index in [9.17, 15) is 0 Å². The fourth-order valence-corrected chi connectivity index (χ4v) is 2.07. The summed E-state index contributed by atoms with van der Waals surface area (Å²) in [4.78, 5) is 0. The fraction of sp³-hybridized carbons (Fsp3) is 0.357. The van der Waals surface area contributed by atoms with E-state index in [1.54, 1.807) is 0 Å². The topological polar surface area (TPSA) is 29.9 Å². The summed E-state index contributed by atoms with van der Waals surface area (Å²) in [5, 5.41) is 7.71. The van der Waals surface area contributed by atoms with Crippen LogP contribution in [0.15, 0.2) is 30.5 Å². The first-order valence-electron chi connectivity index (χ1n) is 6.03. The van der Waals surface area contributed by atoms with Crippen LogP contribution < -0.4 is 5.32 Å². The summed E-state index contributed by atoms with van der Waals surface area (Å²) in [6.07, 6.45) is 2.13. The van der Waals surface area contributed by atoms with Gasteiger partial charge in [0.25, 0.3) is 0 Å². The molecule has 1 aromatic carbocycles. The summed E-state index contributed by atoms with van der Waals surface area (Å²) >= 11 is 0. The van der Waals surface area contributed by atoms with E-state index in [2.05, 4.69) is 54.7 Å². The van der Waals surface area contributed by atoms with Crippen LogP contribution in [0, 0.1) is 6.92 Å². The minimum atomic E-state index is 0.882. The summed E-state index contributed by atoms with van der Waals surface area (Å²) in [5.41, 5.74) is 4.92. The van der Waals surface area contributed by atoms with Crippen molar-refractivity contribution >= 4 is 0 Å². The molecule has 2 aromatic rings. The number of benzene rings is 1. The van der Waals surface area contributed by atoms with E-state index in [4.69, 9.17) is 0 Å². The molecule has 0 saturated carbocycles. The first kappa shape index (κ1) is 11.9. The molecule has 3 nitrogen and oxygen atoms in total. The number of hydrogen-bond donors (Lipinski definition) is 1. The molecule has 90 valence electrons. The first-order chi connectivity index (χ1) is 8.26. The molecule has 0 saturated heterocycles.